The van der Waals surface area contributed by atoms with E-state index in [0.717, 1.165) is 6.42 Å². The quantitative estimate of drug-likeness (QED) is 0.352. The molecule has 0 amide bonds. The number of benzene rings is 2. The summed E-state index contributed by atoms with van der Waals surface area (Å²) in [5.41, 5.74) is 0.796. The Morgan fingerprint density at radius 3 is 1.87 bits per heavy atom. The average molecular weight is 465 g/mol. The zero-order chi connectivity index (χ0) is 23.0. The minimum atomic E-state index is -0.447. The Hall–Kier alpha value is -2.04. The molecule has 168 valence electrons. The molecule has 2 rings (SSSR count). The van der Waals surface area contributed by atoms with Crippen LogP contribution >= 0.6 is 23.2 Å². The normalized spacial score (nSPS) is 13.2. The molecule has 2 aromatic rings. The third-order valence-electron chi connectivity index (χ3n) is 5.15. The molecule has 0 spiro atoms. The molecule has 0 aliphatic carbocycles. The van der Waals surface area contributed by atoms with Gasteiger partial charge in [-0.1, -0.05) is 63.0 Å². The molecule has 0 saturated carbocycles. The summed E-state index contributed by atoms with van der Waals surface area (Å²) in [5.74, 6) is -0.435. The smallest absolute Gasteiger partial charge is 0.338 e. The highest BCUT2D eigenvalue weighted by molar-refractivity contribution is 6.31. The number of ether oxygens (including phenoxy) is 2. The summed E-state index contributed by atoms with van der Waals surface area (Å²) < 4.78 is 11.5. The molecule has 0 aromatic heterocycles. The molecule has 2 atom stereocenters. The molecule has 0 fully saturated rings. The van der Waals surface area contributed by atoms with Gasteiger partial charge in [-0.2, -0.15) is 0 Å². The van der Waals surface area contributed by atoms with Crippen LogP contribution in [-0.4, -0.2) is 24.6 Å². The van der Waals surface area contributed by atoms with E-state index in [-0.39, 0.29) is 24.5 Å². The largest absolute Gasteiger partial charge is 0.462 e. The molecule has 0 N–H and O–H groups in total. The predicted molar refractivity (Wildman–Crippen MR) is 125 cm³/mol. The van der Waals surface area contributed by atoms with E-state index in [2.05, 4.69) is 13.8 Å². The number of esters is 2. The number of rotatable bonds is 10. The van der Waals surface area contributed by atoms with Crippen molar-refractivity contribution in [3.05, 3.63) is 69.7 Å². The molecule has 0 bridgehead atoms. The zero-order valence-electron chi connectivity index (χ0n) is 18.4. The summed E-state index contributed by atoms with van der Waals surface area (Å²) in [6.45, 7) is 8.47. The van der Waals surface area contributed by atoms with Crippen molar-refractivity contribution in [2.45, 2.75) is 46.6 Å². The SMILES string of the molecule is CC(C)CCC(OC(=O)c1cccc(Cl)c1)C(COC(=O)c1cccc(Cl)c1)C(C)C. The first-order valence-corrected chi connectivity index (χ1v) is 11.3. The maximum Gasteiger partial charge on any atom is 0.338 e. The van der Waals surface area contributed by atoms with E-state index < -0.39 is 11.9 Å². The molecule has 0 saturated heterocycles. The van der Waals surface area contributed by atoms with Gasteiger partial charge in [-0.25, -0.2) is 9.59 Å². The molecular weight excluding hydrogens is 435 g/mol. The summed E-state index contributed by atoms with van der Waals surface area (Å²) in [6.07, 6.45) is 1.18. The van der Waals surface area contributed by atoms with Crippen LogP contribution in [0.4, 0.5) is 0 Å². The van der Waals surface area contributed by atoms with E-state index in [0.29, 0.717) is 33.5 Å². The van der Waals surface area contributed by atoms with Crippen LogP contribution in [0, 0.1) is 17.8 Å². The van der Waals surface area contributed by atoms with Crippen LogP contribution in [0.1, 0.15) is 61.3 Å². The molecule has 0 radical (unpaired) electrons. The zero-order valence-corrected chi connectivity index (χ0v) is 20.0. The molecule has 0 aliphatic rings. The Kier molecular flexibility index (Phi) is 9.86. The van der Waals surface area contributed by atoms with Crippen LogP contribution < -0.4 is 0 Å². The summed E-state index contributed by atoms with van der Waals surface area (Å²) >= 11 is 12.0. The lowest BCUT2D eigenvalue weighted by Gasteiger charge is -2.30. The van der Waals surface area contributed by atoms with Crippen LogP contribution in [0.5, 0.6) is 0 Å². The second-order valence-electron chi connectivity index (χ2n) is 8.44. The number of carbonyl (C=O) groups excluding carboxylic acids is 2. The Morgan fingerprint density at radius 1 is 0.839 bits per heavy atom. The lowest BCUT2D eigenvalue weighted by Crippen LogP contribution is -2.35. The van der Waals surface area contributed by atoms with Gasteiger partial charge in [0.15, 0.2) is 0 Å². The van der Waals surface area contributed by atoms with Crippen LogP contribution in [-0.2, 0) is 9.47 Å². The third-order valence-corrected chi connectivity index (χ3v) is 5.62. The minimum absolute atomic E-state index is 0.136. The van der Waals surface area contributed by atoms with Crippen molar-refractivity contribution in [1.82, 2.24) is 0 Å². The highest BCUT2D eigenvalue weighted by Crippen LogP contribution is 2.26. The molecule has 0 aliphatic heterocycles. The van der Waals surface area contributed by atoms with Crippen molar-refractivity contribution in [1.29, 1.82) is 0 Å². The Balaban J connectivity index is 2.14. The first kappa shape index (κ1) is 25.2. The number of carbonyl (C=O) groups is 2. The maximum atomic E-state index is 12.8. The minimum Gasteiger partial charge on any atom is -0.462 e. The highest BCUT2D eigenvalue weighted by Gasteiger charge is 2.30. The summed E-state index contributed by atoms with van der Waals surface area (Å²) in [7, 11) is 0. The van der Waals surface area contributed by atoms with E-state index in [1.807, 2.05) is 13.8 Å². The van der Waals surface area contributed by atoms with Gasteiger partial charge in [0.25, 0.3) is 0 Å². The predicted octanol–water partition coefficient (Wildman–Crippen LogP) is 7.08. The van der Waals surface area contributed by atoms with E-state index in [1.165, 1.54) is 0 Å². The molecule has 4 nitrogen and oxygen atoms in total. The number of hydrogen-bond donors (Lipinski definition) is 0. The van der Waals surface area contributed by atoms with Crippen molar-refractivity contribution in [2.75, 3.05) is 6.61 Å². The number of halogens is 2. The lowest BCUT2D eigenvalue weighted by molar-refractivity contribution is -0.0192. The first-order valence-electron chi connectivity index (χ1n) is 10.6. The second kappa shape index (κ2) is 12.1. The van der Waals surface area contributed by atoms with Crippen molar-refractivity contribution in [3.63, 3.8) is 0 Å². The monoisotopic (exact) mass is 464 g/mol. The van der Waals surface area contributed by atoms with Gasteiger partial charge < -0.3 is 9.47 Å². The van der Waals surface area contributed by atoms with Gasteiger partial charge in [0.05, 0.1) is 17.7 Å². The summed E-state index contributed by atoms with van der Waals surface area (Å²) in [6, 6.07) is 13.3. The molecule has 0 heterocycles. The van der Waals surface area contributed by atoms with Crippen LogP contribution in [0.2, 0.25) is 10.0 Å². The topological polar surface area (TPSA) is 52.6 Å². The van der Waals surface area contributed by atoms with Crippen LogP contribution in [0.3, 0.4) is 0 Å². The fourth-order valence-electron chi connectivity index (χ4n) is 3.28. The Bertz CT molecular complexity index is 879. The number of hydrogen-bond acceptors (Lipinski definition) is 4. The molecular formula is C25H30Cl2O4. The van der Waals surface area contributed by atoms with E-state index >= 15 is 0 Å². The second-order valence-corrected chi connectivity index (χ2v) is 9.31. The van der Waals surface area contributed by atoms with Crippen molar-refractivity contribution >= 4 is 35.1 Å². The maximum absolute atomic E-state index is 12.8. The molecule has 2 aromatic carbocycles. The van der Waals surface area contributed by atoms with Crippen LogP contribution in [0.25, 0.3) is 0 Å². The van der Waals surface area contributed by atoms with Crippen LogP contribution in [0.15, 0.2) is 48.5 Å². The Morgan fingerprint density at radius 2 is 1.39 bits per heavy atom. The highest BCUT2D eigenvalue weighted by atomic mass is 35.5. The van der Waals surface area contributed by atoms with Crippen molar-refractivity contribution in [3.8, 4) is 0 Å². The van der Waals surface area contributed by atoms with Gasteiger partial charge in [-0.3, -0.25) is 0 Å². The fraction of sp³-hybridized carbons (Fsp3) is 0.440. The van der Waals surface area contributed by atoms with Gasteiger partial charge in [0.2, 0.25) is 0 Å². The van der Waals surface area contributed by atoms with Crippen molar-refractivity contribution < 1.29 is 19.1 Å². The lowest BCUT2D eigenvalue weighted by atomic mass is 9.87. The van der Waals surface area contributed by atoms with Gasteiger partial charge >= 0.3 is 11.9 Å². The average Bonchev–Trinajstić information content (AvgIpc) is 2.71. The molecule has 31 heavy (non-hydrogen) atoms. The summed E-state index contributed by atoms with van der Waals surface area (Å²) in [5, 5.41) is 0.948. The first-order chi connectivity index (χ1) is 14.7. The third kappa shape index (κ3) is 8.19. The van der Waals surface area contributed by atoms with E-state index in [1.54, 1.807) is 48.5 Å². The van der Waals surface area contributed by atoms with Gasteiger partial charge in [-0.05, 0) is 61.1 Å². The standard InChI is InChI=1S/C25H30Cl2O4/c1-16(2)11-12-23(31-25(29)19-8-6-10-21(27)14-19)22(17(3)4)15-30-24(28)18-7-5-9-20(26)13-18/h5-10,13-14,16-17,22-23H,11-12,15H2,1-4H3. The van der Waals surface area contributed by atoms with E-state index in [9.17, 15) is 9.59 Å². The summed E-state index contributed by atoms with van der Waals surface area (Å²) in [4.78, 5) is 25.3. The van der Waals surface area contributed by atoms with Crippen molar-refractivity contribution in [2.24, 2.45) is 17.8 Å². The van der Waals surface area contributed by atoms with Gasteiger partial charge in [-0.15, -0.1) is 0 Å². The van der Waals surface area contributed by atoms with Gasteiger partial charge in [0.1, 0.15) is 6.10 Å². The Labute approximate surface area is 194 Å². The van der Waals surface area contributed by atoms with Gasteiger partial charge in [0, 0.05) is 16.0 Å². The fourth-order valence-corrected chi connectivity index (χ4v) is 3.66. The molecule has 6 heteroatoms. The molecule has 2 unspecified atom stereocenters. The van der Waals surface area contributed by atoms with E-state index in [4.69, 9.17) is 32.7 Å².